The first kappa shape index (κ1) is 29.7. The van der Waals surface area contributed by atoms with E-state index in [-0.39, 0.29) is 24.0 Å². The molecule has 6 rings (SSSR count). The van der Waals surface area contributed by atoms with Crippen LogP contribution < -0.4 is 10.6 Å². The van der Waals surface area contributed by atoms with Crippen molar-refractivity contribution in [1.29, 1.82) is 10.5 Å². The molecular formula is C32H30ClF3N8. The molecule has 0 unspecified atom stereocenters. The second kappa shape index (κ2) is 10.4. The minimum atomic E-state index is -4.46. The van der Waals surface area contributed by atoms with Crippen LogP contribution in [-0.2, 0) is 11.0 Å². The van der Waals surface area contributed by atoms with E-state index in [4.69, 9.17) is 11.6 Å². The van der Waals surface area contributed by atoms with Gasteiger partial charge in [-0.05, 0) is 54.4 Å². The van der Waals surface area contributed by atoms with Crippen molar-refractivity contribution in [3.05, 3.63) is 76.2 Å². The number of aromatic nitrogens is 4. The molecule has 8 nitrogen and oxygen atoms in total. The quantitative estimate of drug-likeness (QED) is 0.209. The van der Waals surface area contributed by atoms with E-state index in [2.05, 4.69) is 58.8 Å². The first-order valence-electron chi connectivity index (χ1n) is 14.3. The van der Waals surface area contributed by atoms with Gasteiger partial charge in [0.1, 0.15) is 11.8 Å². The summed E-state index contributed by atoms with van der Waals surface area (Å²) in [5.74, 6) is 0. The molecule has 12 heteroatoms. The fourth-order valence-corrected chi connectivity index (χ4v) is 5.69. The van der Waals surface area contributed by atoms with Gasteiger partial charge in [-0.15, -0.1) is 5.10 Å². The summed E-state index contributed by atoms with van der Waals surface area (Å²) < 4.78 is 42.8. The number of hydrogen-bond acceptors (Lipinski definition) is 7. The summed E-state index contributed by atoms with van der Waals surface area (Å²) in [4.78, 5) is 4.59. The van der Waals surface area contributed by atoms with Crippen molar-refractivity contribution in [3.8, 4) is 12.1 Å². The Morgan fingerprint density at radius 3 is 2.45 bits per heavy atom. The molecule has 2 N–H and O–H groups in total. The van der Waals surface area contributed by atoms with Crippen LogP contribution in [0.4, 0.5) is 24.5 Å². The molecule has 2 heterocycles. The van der Waals surface area contributed by atoms with Crippen molar-refractivity contribution < 1.29 is 13.2 Å². The van der Waals surface area contributed by atoms with Gasteiger partial charge in [0, 0.05) is 23.2 Å². The van der Waals surface area contributed by atoms with Gasteiger partial charge in [-0.25, -0.2) is 4.68 Å². The molecule has 2 saturated carbocycles. The fraction of sp³-hybridized carbons (Fsp3) is 0.406. The predicted molar refractivity (Wildman–Crippen MR) is 161 cm³/mol. The van der Waals surface area contributed by atoms with E-state index >= 15 is 0 Å². The number of fused-ring (bicyclic) bond motifs is 1. The number of pyridine rings is 1. The van der Waals surface area contributed by atoms with Crippen molar-refractivity contribution in [2.24, 2.45) is 5.41 Å². The lowest BCUT2D eigenvalue weighted by atomic mass is 9.93. The molecule has 2 aliphatic rings. The van der Waals surface area contributed by atoms with E-state index in [0.29, 0.717) is 45.0 Å². The van der Waals surface area contributed by atoms with Gasteiger partial charge in [0.25, 0.3) is 0 Å². The Hall–Kier alpha value is -4.35. The maximum Gasteiger partial charge on any atom is 0.413 e. The zero-order valence-electron chi connectivity index (χ0n) is 24.4. The second-order valence-electron chi connectivity index (χ2n) is 12.9. The number of benzene rings is 2. The molecule has 2 aromatic heterocycles. The number of hydrogen-bond donors (Lipinski definition) is 2. The topological polar surface area (TPSA) is 115 Å². The Morgan fingerprint density at radius 2 is 1.84 bits per heavy atom. The third-order valence-electron chi connectivity index (χ3n) is 8.39. The average molecular weight is 619 g/mol. The molecule has 1 atom stereocenters. The van der Waals surface area contributed by atoms with E-state index in [1.165, 1.54) is 12.4 Å². The molecule has 4 aromatic rings. The summed E-state index contributed by atoms with van der Waals surface area (Å²) in [7, 11) is 0. The highest BCUT2D eigenvalue weighted by Gasteiger charge is 2.66. The first-order valence-corrected chi connectivity index (χ1v) is 14.7. The zero-order valence-corrected chi connectivity index (χ0v) is 25.2. The van der Waals surface area contributed by atoms with Gasteiger partial charge >= 0.3 is 6.18 Å². The van der Waals surface area contributed by atoms with E-state index in [9.17, 15) is 23.7 Å². The van der Waals surface area contributed by atoms with Crippen molar-refractivity contribution in [3.63, 3.8) is 0 Å². The SMILES string of the molecule is CC(C)(C)CNc1c(C#N)cnc2c(N[C@@H](c3cccc(C4(C#N)CC4)c3)c3cn(C4(C(F)(F)F)CC4)nn3)cc(Cl)cc12. The van der Waals surface area contributed by atoms with Crippen LogP contribution in [-0.4, -0.2) is 32.7 Å². The zero-order chi connectivity index (χ0) is 31.5. The predicted octanol–water partition coefficient (Wildman–Crippen LogP) is 7.62. The molecule has 2 aliphatic carbocycles. The minimum absolute atomic E-state index is 0.0635. The van der Waals surface area contributed by atoms with Crippen LogP contribution in [0.2, 0.25) is 5.02 Å². The molecule has 2 aromatic carbocycles. The first-order chi connectivity index (χ1) is 20.8. The standard InChI is InChI=1S/C32H30ClF3N8/c1-29(2,3)18-40-26-20(14-37)15-39-28-23(26)12-22(33)13-24(28)41-27(19-5-4-6-21(11-19)30(17-38)7-8-30)25-16-44(43-42-25)31(9-10-31)32(34,35)36/h4-6,11-13,15-16,27,41H,7-10,18H2,1-3H3,(H,39,40)/t27-/m0/s1. The van der Waals surface area contributed by atoms with E-state index in [0.717, 1.165) is 23.1 Å². The van der Waals surface area contributed by atoms with Crippen LogP contribution in [0.25, 0.3) is 10.9 Å². The number of halogens is 4. The van der Waals surface area contributed by atoms with Crippen LogP contribution in [0, 0.1) is 28.1 Å². The van der Waals surface area contributed by atoms with Crippen LogP contribution in [0.1, 0.15) is 74.9 Å². The molecule has 0 aliphatic heterocycles. The fourth-order valence-electron chi connectivity index (χ4n) is 5.47. The number of anilines is 2. The van der Waals surface area contributed by atoms with Crippen LogP contribution in [0.3, 0.4) is 0 Å². The lowest BCUT2D eigenvalue weighted by molar-refractivity contribution is -0.182. The number of nitrogens with zero attached hydrogens (tertiary/aromatic N) is 6. The summed E-state index contributed by atoms with van der Waals surface area (Å²) in [6.45, 7) is 6.80. The van der Waals surface area contributed by atoms with Gasteiger partial charge in [0.15, 0.2) is 5.54 Å². The van der Waals surface area contributed by atoms with Gasteiger partial charge in [-0.3, -0.25) is 4.98 Å². The van der Waals surface area contributed by atoms with Crippen LogP contribution in [0.5, 0.6) is 0 Å². The molecule has 226 valence electrons. The Morgan fingerprint density at radius 1 is 1.09 bits per heavy atom. The van der Waals surface area contributed by atoms with E-state index < -0.39 is 23.2 Å². The summed E-state index contributed by atoms with van der Waals surface area (Å²) in [5.41, 5.74) is 1.06. The smallest absolute Gasteiger partial charge is 0.383 e. The maximum atomic E-state index is 14.0. The Kier molecular flexibility index (Phi) is 7.01. The lowest BCUT2D eigenvalue weighted by Crippen LogP contribution is -2.35. The average Bonchev–Trinajstić information content (AvgIpc) is 3.90. The highest BCUT2D eigenvalue weighted by molar-refractivity contribution is 6.32. The van der Waals surface area contributed by atoms with Crippen molar-refractivity contribution in [1.82, 2.24) is 20.0 Å². The van der Waals surface area contributed by atoms with E-state index in [1.54, 1.807) is 12.1 Å². The van der Waals surface area contributed by atoms with Crippen molar-refractivity contribution in [2.45, 2.75) is 69.6 Å². The Bertz CT molecular complexity index is 1840. The Labute approximate surface area is 257 Å². The third-order valence-corrected chi connectivity index (χ3v) is 8.60. The van der Waals surface area contributed by atoms with Crippen molar-refractivity contribution >= 4 is 33.9 Å². The van der Waals surface area contributed by atoms with Gasteiger partial charge < -0.3 is 10.6 Å². The van der Waals surface area contributed by atoms with Crippen LogP contribution >= 0.6 is 11.6 Å². The highest BCUT2D eigenvalue weighted by atomic mass is 35.5. The van der Waals surface area contributed by atoms with Gasteiger partial charge in [-0.2, -0.15) is 23.7 Å². The number of alkyl halides is 3. The van der Waals surface area contributed by atoms with Crippen LogP contribution in [0.15, 0.2) is 48.8 Å². The molecule has 0 spiro atoms. The monoisotopic (exact) mass is 618 g/mol. The van der Waals surface area contributed by atoms with Gasteiger partial charge in [-0.1, -0.05) is 61.9 Å². The highest BCUT2D eigenvalue weighted by Crippen LogP contribution is 2.55. The molecule has 0 radical (unpaired) electrons. The van der Waals surface area contributed by atoms with Gasteiger partial charge in [0.05, 0.1) is 46.2 Å². The summed E-state index contributed by atoms with van der Waals surface area (Å²) in [5, 5.41) is 35.6. The number of nitriles is 2. The lowest BCUT2D eigenvalue weighted by Gasteiger charge is -2.23. The molecule has 0 saturated heterocycles. The summed E-state index contributed by atoms with van der Waals surface area (Å²) >= 11 is 6.62. The second-order valence-corrected chi connectivity index (χ2v) is 13.4. The number of rotatable bonds is 8. The minimum Gasteiger partial charge on any atom is -0.383 e. The molecule has 0 bridgehead atoms. The Balaban J connectivity index is 1.47. The maximum absolute atomic E-state index is 14.0. The molecule has 0 amide bonds. The molecular weight excluding hydrogens is 589 g/mol. The summed E-state index contributed by atoms with van der Waals surface area (Å²) in [6, 6.07) is 14.7. The van der Waals surface area contributed by atoms with Crippen molar-refractivity contribution in [2.75, 3.05) is 17.2 Å². The van der Waals surface area contributed by atoms with Gasteiger partial charge in [0.2, 0.25) is 0 Å². The number of nitrogens with one attached hydrogen (secondary N) is 2. The van der Waals surface area contributed by atoms with E-state index in [1.807, 2.05) is 24.3 Å². The third kappa shape index (κ3) is 5.30. The largest absolute Gasteiger partial charge is 0.413 e. The molecule has 44 heavy (non-hydrogen) atoms. The molecule has 2 fully saturated rings. The summed E-state index contributed by atoms with van der Waals surface area (Å²) in [6.07, 6.45) is -0.284. The normalized spacial score (nSPS) is 17.4.